The van der Waals surface area contributed by atoms with Gasteiger partial charge in [0.15, 0.2) is 18.1 Å². The van der Waals surface area contributed by atoms with Crippen LogP contribution in [0.15, 0.2) is 46.4 Å². The number of hydrogen-bond donors (Lipinski definition) is 1. The monoisotopic (exact) mass is 488 g/mol. The first-order valence-electron chi connectivity index (χ1n) is 9.01. The van der Waals surface area contributed by atoms with Crippen LogP contribution in [0.5, 0.6) is 17.2 Å². The van der Waals surface area contributed by atoms with Gasteiger partial charge in [0.25, 0.3) is 5.91 Å². The quantitative estimate of drug-likeness (QED) is 0.328. The molecule has 1 N–H and O–H groups in total. The average molecular weight is 489 g/mol. The van der Waals surface area contributed by atoms with E-state index in [1.54, 1.807) is 31.4 Å². The van der Waals surface area contributed by atoms with Crippen molar-refractivity contribution in [2.24, 2.45) is 0 Å². The summed E-state index contributed by atoms with van der Waals surface area (Å²) in [5, 5.41) is 12.1. The van der Waals surface area contributed by atoms with Gasteiger partial charge in [-0.2, -0.15) is 5.26 Å². The molecule has 2 rings (SSSR count). The van der Waals surface area contributed by atoms with E-state index >= 15 is 0 Å². The van der Waals surface area contributed by atoms with Crippen LogP contribution in [0.1, 0.15) is 11.1 Å². The minimum Gasteiger partial charge on any atom is -0.497 e. The number of hydrogen-bond acceptors (Lipinski definition) is 7. The van der Waals surface area contributed by atoms with Gasteiger partial charge in [-0.25, -0.2) is 4.79 Å². The summed E-state index contributed by atoms with van der Waals surface area (Å²) in [6, 6.07) is 12.4. The van der Waals surface area contributed by atoms with Gasteiger partial charge in [-0.1, -0.05) is 12.1 Å². The zero-order valence-electron chi connectivity index (χ0n) is 17.2. The van der Waals surface area contributed by atoms with Crippen molar-refractivity contribution in [1.82, 2.24) is 5.32 Å². The van der Waals surface area contributed by atoms with Gasteiger partial charge in [-0.15, -0.1) is 0 Å². The van der Waals surface area contributed by atoms with Gasteiger partial charge >= 0.3 is 5.97 Å². The number of nitrogens with zero attached hydrogens (tertiary/aromatic N) is 1. The third-order valence-corrected chi connectivity index (χ3v) is 4.69. The van der Waals surface area contributed by atoms with Crippen molar-refractivity contribution in [3.63, 3.8) is 0 Å². The molecule has 9 heteroatoms. The highest BCUT2D eigenvalue weighted by atomic mass is 79.9. The molecule has 2 aromatic rings. The van der Waals surface area contributed by atoms with Crippen LogP contribution in [0.2, 0.25) is 0 Å². The number of nitrogens with one attached hydrogen (secondary N) is 1. The molecule has 162 valence electrons. The van der Waals surface area contributed by atoms with E-state index in [9.17, 15) is 14.9 Å². The molecule has 0 saturated heterocycles. The Balaban J connectivity index is 2.16. The molecule has 0 atom stereocenters. The van der Waals surface area contributed by atoms with Gasteiger partial charge in [-0.3, -0.25) is 4.79 Å². The lowest BCUT2D eigenvalue weighted by Gasteiger charge is -2.13. The van der Waals surface area contributed by atoms with Gasteiger partial charge < -0.3 is 24.3 Å². The fourth-order valence-electron chi connectivity index (χ4n) is 2.49. The molecule has 0 aromatic heterocycles. The molecule has 0 fully saturated rings. The summed E-state index contributed by atoms with van der Waals surface area (Å²) in [6.45, 7) is -0.0347. The minimum absolute atomic E-state index is 0.0781. The number of benzene rings is 2. The molecule has 0 radical (unpaired) electrons. The molecule has 1 amide bonds. The van der Waals surface area contributed by atoms with E-state index in [0.29, 0.717) is 27.3 Å². The largest absolute Gasteiger partial charge is 0.497 e. The highest BCUT2D eigenvalue weighted by Gasteiger charge is 2.15. The van der Waals surface area contributed by atoms with Gasteiger partial charge in [0.1, 0.15) is 17.4 Å². The van der Waals surface area contributed by atoms with E-state index in [1.807, 2.05) is 18.2 Å². The van der Waals surface area contributed by atoms with Gasteiger partial charge in [-0.05, 0) is 57.4 Å². The molecule has 0 heterocycles. The molecule has 0 aliphatic carbocycles. The predicted octanol–water partition coefficient (Wildman–Crippen LogP) is 3.24. The minimum atomic E-state index is -0.543. The number of methoxy groups -OCH3 is 3. The number of halogens is 1. The third kappa shape index (κ3) is 6.76. The summed E-state index contributed by atoms with van der Waals surface area (Å²) >= 11 is 3.35. The Labute approximate surface area is 188 Å². The lowest BCUT2D eigenvalue weighted by atomic mass is 10.1. The molecule has 0 spiro atoms. The SMILES string of the molecule is COC(=O)COc1c(Br)cc(/C=C(/C#N)C(=O)NCc2ccc(OC)cc2)cc1OC. The van der Waals surface area contributed by atoms with Gasteiger partial charge in [0.05, 0.1) is 25.8 Å². The summed E-state index contributed by atoms with van der Waals surface area (Å²) in [6.07, 6.45) is 1.43. The molecule has 2 aromatic carbocycles. The number of amides is 1. The van der Waals surface area contributed by atoms with Gasteiger partial charge in [0, 0.05) is 6.54 Å². The summed E-state index contributed by atoms with van der Waals surface area (Å²) in [5.41, 5.74) is 1.32. The van der Waals surface area contributed by atoms with Gasteiger partial charge in [0.2, 0.25) is 0 Å². The normalized spacial score (nSPS) is 10.6. The Morgan fingerprint density at radius 2 is 1.84 bits per heavy atom. The second-order valence-electron chi connectivity index (χ2n) is 6.10. The molecule has 0 aliphatic heterocycles. The van der Waals surface area contributed by atoms with Crippen LogP contribution in [-0.2, 0) is 20.9 Å². The molecular formula is C22H21BrN2O6. The van der Waals surface area contributed by atoms with Crippen molar-refractivity contribution >= 4 is 33.9 Å². The summed E-state index contributed by atoms with van der Waals surface area (Å²) in [5.74, 6) is 0.275. The Morgan fingerprint density at radius 1 is 1.13 bits per heavy atom. The Morgan fingerprint density at radius 3 is 2.42 bits per heavy atom. The Kier molecular flexibility index (Phi) is 8.91. The van der Waals surface area contributed by atoms with Crippen LogP contribution in [0, 0.1) is 11.3 Å². The van der Waals surface area contributed by atoms with Crippen LogP contribution >= 0.6 is 15.9 Å². The summed E-state index contributed by atoms with van der Waals surface area (Å²) < 4.78 is 20.9. The highest BCUT2D eigenvalue weighted by molar-refractivity contribution is 9.10. The average Bonchev–Trinajstić information content (AvgIpc) is 2.79. The highest BCUT2D eigenvalue weighted by Crippen LogP contribution is 2.37. The Bertz CT molecular complexity index is 1010. The molecule has 0 unspecified atom stereocenters. The molecule has 0 bridgehead atoms. The van der Waals surface area contributed by atoms with E-state index in [2.05, 4.69) is 26.0 Å². The third-order valence-electron chi connectivity index (χ3n) is 4.10. The van der Waals surface area contributed by atoms with Crippen LogP contribution in [0.3, 0.4) is 0 Å². The fourth-order valence-corrected chi connectivity index (χ4v) is 3.06. The zero-order valence-corrected chi connectivity index (χ0v) is 18.8. The van der Waals surface area contributed by atoms with Crippen molar-refractivity contribution in [1.29, 1.82) is 5.26 Å². The standard InChI is InChI=1S/C22H21BrN2O6/c1-28-17-6-4-14(5-7-17)12-25-22(27)16(11-24)8-15-9-18(23)21(19(10-15)29-2)31-13-20(26)30-3/h4-10H,12-13H2,1-3H3,(H,25,27)/b16-8-. The number of carbonyl (C=O) groups excluding carboxylic acids is 2. The maximum absolute atomic E-state index is 12.4. The van der Waals surface area contributed by atoms with E-state index in [0.717, 1.165) is 5.56 Å². The topological polar surface area (TPSA) is 107 Å². The second-order valence-corrected chi connectivity index (χ2v) is 6.95. The van der Waals surface area contributed by atoms with E-state index in [-0.39, 0.29) is 18.7 Å². The number of ether oxygens (including phenoxy) is 4. The summed E-state index contributed by atoms with van der Waals surface area (Å²) in [7, 11) is 4.27. The van der Waals surface area contributed by atoms with Crippen molar-refractivity contribution in [3.05, 3.63) is 57.6 Å². The Hall–Kier alpha value is -3.51. The molecule has 8 nitrogen and oxygen atoms in total. The molecular weight excluding hydrogens is 468 g/mol. The van der Waals surface area contributed by atoms with Crippen LogP contribution < -0.4 is 19.5 Å². The van der Waals surface area contributed by atoms with Crippen molar-refractivity contribution < 1.29 is 28.5 Å². The number of esters is 1. The van der Waals surface area contributed by atoms with Crippen molar-refractivity contribution in [3.8, 4) is 23.3 Å². The van der Waals surface area contributed by atoms with E-state index in [1.165, 1.54) is 20.3 Å². The maximum atomic E-state index is 12.4. The lowest BCUT2D eigenvalue weighted by molar-refractivity contribution is -0.142. The predicted molar refractivity (Wildman–Crippen MR) is 117 cm³/mol. The molecule has 31 heavy (non-hydrogen) atoms. The van der Waals surface area contributed by atoms with E-state index < -0.39 is 11.9 Å². The zero-order chi connectivity index (χ0) is 22.8. The lowest BCUT2D eigenvalue weighted by Crippen LogP contribution is -2.23. The summed E-state index contributed by atoms with van der Waals surface area (Å²) in [4.78, 5) is 23.8. The first-order valence-corrected chi connectivity index (χ1v) is 9.81. The second kappa shape index (κ2) is 11.6. The van der Waals surface area contributed by atoms with Crippen LogP contribution in [0.25, 0.3) is 6.08 Å². The van der Waals surface area contributed by atoms with Crippen LogP contribution in [-0.4, -0.2) is 39.8 Å². The molecule has 0 aliphatic rings. The smallest absolute Gasteiger partial charge is 0.343 e. The number of carbonyl (C=O) groups is 2. The number of rotatable bonds is 9. The van der Waals surface area contributed by atoms with Crippen molar-refractivity contribution in [2.75, 3.05) is 27.9 Å². The van der Waals surface area contributed by atoms with Crippen LogP contribution in [0.4, 0.5) is 0 Å². The first-order chi connectivity index (χ1) is 14.9. The van der Waals surface area contributed by atoms with E-state index in [4.69, 9.17) is 14.2 Å². The van der Waals surface area contributed by atoms with Crippen molar-refractivity contribution in [2.45, 2.75) is 6.54 Å². The molecule has 0 saturated carbocycles. The maximum Gasteiger partial charge on any atom is 0.343 e. The number of nitriles is 1. The fraction of sp³-hybridized carbons (Fsp3) is 0.227. The first kappa shape index (κ1) is 23.8.